The van der Waals surface area contributed by atoms with E-state index >= 15 is 0 Å². The van der Waals surface area contributed by atoms with Gasteiger partial charge in [0.05, 0.1) is 25.0 Å². The van der Waals surface area contributed by atoms with Gasteiger partial charge in [0.25, 0.3) is 5.91 Å². The quantitative estimate of drug-likeness (QED) is 0.470. The van der Waals surface area contributed by atoms with E-state index in [4.69, 9.17) is 9.47 Å². The number of amides is 3. The van der Waals surface area contributed by atoms with Crippen molar-refractivity contribution in [2.45, 2.75) is 6.54 Å². The maximum atomic E-state index is 12.2. The van der Waals surface area contributed by atoms with Crippen LogP contribution in [0, 0.1) is 0 Å². The molecule has 0 radical (unpaired) electrons. The van der Waals surface area contributed by atoms with Crippen molar-refractivity contribution in [3.05, 3.63) is 59.7 Å². The van der Waals surface area contributed by atoms with Gasteiger partial charge in [0.1, 0.15) is 5.75 Å². The van der Waals surface area contributed by atoms with Crippen LogP contribution >= 0.6 is 0 Å². The molecule has 0 saturated carbocycles. The second kappa shape index (κ2) is 10.7. The number of ether oxygens (including phenoxy) is 2. The van der Waals surface area contributed by atoms with Gasteiger partial charge in [-0.05, 0) is 29.8 Å². The Bertz CT molecular complexity index is 821. The molecule has 2 aromatic carbocycles. The van der Waals surface area contributed by atoms with E-state index in [-0.39, 0.29) is 23.7 Å². The number of carbonyl (C=O) groups excluding carboxylic acids is 3. The number of benzene rings is 2. The highest BCUT2D eigenvalue weighted by Gasteiger charge is 2.17. The SMILES string of the molecule is COCCNC(=O)c1ccccc1NC(=O)C(=O)NCc1ccc(OC)cc1. The molecule has 0 spiro atoms. The number of rotatable bonds is 8. The predicted octanol–water partition coefficient (Wildman–Crippen LogP) is 1.33. The fourth-order valence-corrected chi connectivity index (χ4v) is 2.34. The highest BCUT2D eigenvalue weighted by atomic mass is 16.5. The summed E-state index contributed by atoms with van der Waals surface area (Å²) in [6.07, 6.45) is 0. The minimum Gasteiger partial charge on any atom is -0.497 e. The smallest absolute Gasteiger partial charge is 0.313 e. The van der Waals surface area contributed by atoms with Crippen LogP contribution in [0.25, 0.3) is 0 Å². The van der Waals surface area contributed by atoms with Crippen molar-refractivity contribution in [2.75, 3.05) is 32.7 Å². The van der Waals surface area contributed by atoms with Gasteiger partial charge in [0, 0.05) is 20.2 Å². The van der Waals surface area contributed by atoms with Crippen molar-refractivity contribution in [3.8, 4) is 5.75 Å². The van der Waals surface area contributed by atoms with Crippen molar-refractivity contribution in [1.29, 1.82) is 0 Å². The van der Waals surface area contributed by atoms with Gasteiger partial charge < -0.3 is 25.4 Å². The molecule has 0 aliphatic heterocycles. The zero-order valence-electron chi connectivity index (χ0n) is 15.8. The predicted molar refractivity (Wildman–Crippen MR) is 104 cm³/mol. The Morgan fingerprint density at radius 1 is 0.893 bits per heavy atom. The summed E-state index contributed by atoms with van der Waals surface area (Å²) in [5.74, 6) is -1.32. The van der Waals surface area contributed by atoms with Crippen LogP contribution in [0.3, 0.4) is 0 Å². The Balaban J connectivity index is 1.94. The summed E-state index contributed by atoms with van der Waals surface area (Å²) in [6, 6.07) is 13.6. The van der Waals surface area contributed by atoms with Gasteiger partial charge in [-0.15, -0.1) is 0 Å². The van der Waals surface area contributed by atoms with Crippen LogP contribution in [-0.4, -0.2) is 45.1 Å². The number of hydrogen-bond acceptors (Lipinski definition) is 5. The van der Waals surface area contributed by atoms with Crippen LogP contribution < -0.4 is 20.7 Å². The number of carbonyl (C=O) groups is 3. The molecular weight excluding hydrogens is 362 g/mol. The molecule has 3 N–H and O–H groups in total. The summed E-state index contributed by atoms with van der Waals surface area (Å²) in [4.78, 5) is 36.5. The average Bonchev–Trinajstić information content (AvgIpc) is 2.72. The number of anilines is 1. The number of hydrogen-bond donors (Lipinski definition) is 3. The maximum Gasteiger partial charge on any atom is 0.313 e. The average molecular weight is 385 g/mol. The van der Waals surface area contributed by atoms with Crippen LogP contribution in [0.4, 0.5) is 5.69 Å². The molecule has 148 valence electrons. The van der Waals surface area contributed by atoms with E-state index in [9.17, 15) is 14.4 Å². The monoisotopic (exact) mass is 385 g/mol. The van der Waals surface area contributed by atoms with Crippen molar-refractivity contribution < 1.29 is 23.9 Å². The largest absolute Gasteiger partial charge is 0.497 e. The second-order valence-electron chi connectivity index (χ2n) is 5.78. The van der Waals surface area contributed by atoms with Gasteiger partial charge in [-0.1, -0.05) is 24.3 Å². The zero-order chi connectivity index (χ0) is 20.4. The van der Waals surface area contributed by atoms with Crippen molar-refractivity contribution in [1.82, 2.24) is 10.6 Å². The second-order valence-corrected chi connectivity index (χ2v) is 5.78. The normalized spacial score (nSPS) is 10.1. The Hall–Kier alpha value is -3.39. The highest BCUT2D eigenvalue weighted by molar-refractivity contribution is 6.40. The molecule has 3 amide bonds. The third-order valence-electron chi connectivity index (χ3n) is 3.83. The molecule has 0 atom stereocenters. The fourth-order valence-electron chi connectivity index (χ4n) is 2.34. The molecule has 0 fully saturated rings. The van der Waals surface area contributed by atoms with E-state index in [0.29, 0.717) is 18.9 Å². The number of nitrogens with one attached hydrogen (secondary N) is 3. The van der Waals surface area contributed by atoms with Crippen LogP contribution in [0.2, 0.25) is 0 Å². The standard InChI is InChI=1S/C20H23N3O5/c1-27-12-11-21-18(24)16-5-3-4-6-17(16)23-20(26)19(25)22-13-14-7-9-15(28-2)10-8-14/h3-10H,11-13H2,1-2H3,(H,21,24)(H,22,25)(H,23,26). The lowest BCUT2D eigenvalue weighted by Crippen LogP contribution is -2.35. The first-order chi connectivity index (χ1) is 13.5. The van der Waals surface area contributed by atoms with E-state index < -0.39 is 11.8 Å². The lowest BCUT2D eigenvalue weighted by Gasteiger charge is -2.11. The van der Waals surface area contributed by atoms with Gasteiger partial charge in [0.15, 0.2) is 0 Å². The molecule has 0 aromatic heterocycles. The molecule has 0 bridgehead atoms. The highest BCUT2D eigenvalue weighted by Crippen LogP contribution is 2.15. The van der Waals surface area contributed by atoms with E-state index in [0.717, 1.165) is 5.56 Å². The Morgan fingerprint density at radius 2 is 1.61 bits per heavy atom. The summed E-state index contributed by atoms with van der Waals surface area (Å²) in [5.41, 5.74) is 1.33. The van der Waals surface area contributed by atoms with Crippen LogP contribution in [0.15, 0.2) is 48.5 Å². The minimum absolute atomic E-state index is 0.190. The van der Waals surface area contributed by atoms with Crippen molar-refractivity contribution in [2.24, 2.45) is 0 Å². The fraction of sp³-hybridized carbons (Fsp3) is 0.250. The summed E-state index contributed by atoms with van der Waals surface area (Å²) in [5, 5.41) is 7.68. The minimum atomic E-state index is -0.856. The molecule has 0 saturated heterocycles. The van der Waals surface area contributed by atoms with Crippen molar-refractivity contribution >= 4 is 23.4 Å². The summed E-state index contributed by atoms with van der Waals surface area (Å²) in [7, 11) is 3.10. The summed E-state index contributed by atoms with van der Waals surface area (Å²) in [6.45, 7) is 0.892. The van der Waals surface area contributed by atoms with E-state index in [1.807, 2.05) is 0 Å². The van der Waals surface area contributed by atoms with Crippen LogP contribution in [-0.2, 0) is 20.9 Å². The van der Waals surface area contributed by atoms with Crippen LogP contribution in [0.1, 0.15) is 15.9 Å². The molecule has 8 nitrogen and oxygen atoms in total. The summed E-state index contributed by atoms with van der Waals surface area (Å²) >= 11 is 0. The van der Waals surface area contributed by atoms with E-state index in [1.54, 1.807) is 55.6 Å². The third-order valence-corrected chi connectivity index (χ3v) is 3.83. The molecule has 0 aliphatic rings. The molecule has 28 heavy (non-hydrogen) atoms. The van der Waals surface area contributed by atoms with E-state index in [1.165, 1.54) is 7.11 Å². The van der Waals surface area contributed by atoms with Gasteiger partial charge in [-0.25, -0.2) is 0 Å². The van der Waals surface area contributed by atoms with Gasteiger partial charge in [0.2, 0.25) is 0 Å². The van der Waals surface area contributed by atoms with Crippen molar-refractivity contribution in [3.63, 3.8) is 0 Å². The lowest BCUT2D eigenvalue weighted by atomic mass is 10.1. The summed E-state index contributed by atoms with van der Waals surface area (Å²) < 4.78 is 9.96. The molecule has 0 heterocycles. The molecule has 2 rings (SSSR count). The molecule has 2 aromatic rings. The van der Waals surface area contributed by atoms with E-state index in [2.05, 4.69) is 16.0 Å². The van der Waals surface area contributed by atoms with Gasteiger partial charge >= 0.3 is 11.8 Å². The van der Waals surface area contributed by atoms with Gasteiger partial charge in [-0.3, -0.25) is 14.4 Å². The first-order valence-corrected chi connectivity index (χ1v) is 8.63. The first-order valence-electron chi connectivity index (χ1n) is 8.63. The Labute approximate surface area is 163 Å². The Kier molecular flexibility index (Phi) is 7.98. The first kappa shape index (κ1) is 20.9. The molecule has 8 heteroatoms. The Morgan fingerprint density at radius 3 is 2.29 bits per heavy atom. The number of methoxy groups -OCH3 is 2. The molecule has 0 aliphatic carbocycles. The van der Waals surface area contributed by atoms with Gasteiger partial charge in [-0.2, -0.15) is 0 Å². The maximum absolute atomic E-state index is 12.2. The zero-order valence-corrected chi connectivity index (χ0v) is 15.8. The lowest BCUT2D eigenvalue weighted by molar-refractivity contribution is -0.136. The van der Waals surface area contributed by atoms with Crippen LogP contribution in [0.5, 0.6) is 5.75 Å². The third kappa shape index (κ3) is 6.10. The molecule has 0 unspecified atom stereocenters. The number of para-hydroxylation sites is 1. The topological polar surface area (TPSA) is 106 Å². The molecular formula is C20H23N3O5.